The average Bonchev–Trinajstić information content (AvgIpc) is 3.53. The van der Waals surface area contributed by atoms with Crippen LogP contribution >= 0.6 is 0 Å². The molecule has 7 heteroatoms. The van der Waals surface area contributed by atoms with Crippen LogP contribution in [-0.4, -0.2) is 28.4 Å². The van der Waals surface area contributed by atoms with Crippen LogP contribution in [0.3, 0.4) is 0 Å². The first kappa shape index (κ1) is 28.2. The van der Waals surface area contributed by atoms with E-state index in [9.17, 15) is 0 Å². The van der Waals surface area contributed by atoms with Crippen molar-refractivity contribution in [3.63, 3.8) is 0 Å². The minimum Gasteiger partial charge on any atom is -0.493 e. The molecule has 0 radical (unpaired) electrons. The summed E-state index contributed by atoms with van der Waals surface area (Å²) in [6.07, 6.45) is 1.35. The molecule has 1 heterocycles. The topological polar surface area (TPSA) is 64.6 Å². The fourth-order valence-electron chi connectivity index (χ4n) is 5.08. The van der Waals surface area contributed by atoms with Gasteiger partial charge in [0, 0.05) is 0 Å². The SMILES string of the molecule is COc1cc([C@@H]2CC[C@H](c3cc(OCc4ccccc4)c(OC)c(OCc4ccccc4)c3)O2)cc(OC)c1OC. The first-order valence-corrected chi connectivity index (χ1v) is 13.6. The van der Waals surface area contributed by atoms with Crippen LogP contribution in [0.5, 0.6) is 34.5 Å². The third kappa shape index (κ3) is 6.52. The maximum Gasteiger partial charge on any atom is 0.203 e. The molecule has 0 bridgehead atoms. The van der Waals surface area contributed by atoms with Crippen LogP contribution in [0, 0.1) is 0 Å². The second-order valence-electron chi connectivity index (χ2n) is 9.75. The van der Waals surface area contributed by atoms with Gasteiger partial charge in [0.05, 0.1) is 40.6 Å². The summed E-state index contributed by atoms with van der Waals surface area (Å²) < 4.78 is 41.6. The number of benzene rings is 4. The predicted octanol–water partition coefficient (Wildman–Crippen LogP) is 7.47. The van der Waals surface area contributed by atoms with Gasteiger partial charge < -0.3 is 33.2 Å². The van der Waals surface area contributed by atoms with Crippen LogP contribution in [0.2, 0.25) is 0 Å². The summed E-state index contributed by atoms with van der Waals surface area (Å²) in [5, 5.41) is 0. The van der Waals surface area contributed by atoms with Crippen molar-refractivity contribution in [1.82, 2.24) is 0 Å². The van der Waals surface area contributed by atoms with Gasteiger partial charge in [0.15, 0.2) is 23.0 Å². The fourth-order valence-corrected chi connectivity index (χ4v) is 5.08. The minimum absolute atomic E-state index is 0.141. The zero-order valence-electron chi connectivity index (χ0n) is 23.9. The van der Waals surface area contributed by atoms with Crippen molar-refractivity contribution in [2.45, 2.75) is 38.3 Å². The number of rotatable bonds is 12. The third-order valence-corrected chi connectivity index (χ3v) is 7.17. The Morgan fingerprint density at radius 1 is 0.537 bits per heavy atom. The zero-order valence-corrected chi connectivity index (χ0v) is 23.9. The molecule has 5 rings (SSSR count). The zero-order chi connectivity index (χ0) is 28.6. The van der Waals surface area contributed by atoms with E-state index in [0.717, 1.165) is 35.1 Å². The van der Waals surface area contributed by atoms with Gasteiger partial charge in [-0.2, -0.15) is 0 Å². The summed E-state index contributed by atoms with van der Waals surface area (Å²) in [5.41, 5.74) is 4.06. The van der Waals surface area contributed by atoms with E-state index in [4.69, 9.17) is 33.2 Å². The Morgan fingerprint density at radius 3 is 1.32 bits per heavy atom. The van der Waals surface area contributed by atoms with Crippen molar-refractivity contribution >= 4 is 0 Å². The molecular weight excluding hydrogens is 520 g/mol. The van der Waals surface area contributed by atoms with Gasteiger partial charge in [0.1, 0.15) is 13.2 Å². The Balaban J connectivity index is 1.43. The van der Waals surface area contributed by atoms with Crippen LogP contribution in [0.15, 0.2) is 84.9 Å². The lowest BCUT2D eigenvalue weighted by Crippen LogP contribution is -2.05. The van der Waals surface area contributed by atoms with Crippen LogP contribution in [0.1, 0.15) is 47.3 Å². The molecule has 0 N–H and O–H groups in total. The summed E-state index contributed by atoms with van der Waals surface area (Å²) in [5.74, 6) is 3.54. The van der Waals surface area contributed by atoms with Crippen LogP contribution in [0.4, 0.5) is 0 Å². The average molecular weight is 557 g/mol. The van der Waals surface area contributed by atoms with E-state index in [1.807, 2.05) is 84.9 Å². The fraction of sp³-hybridized carbons (Fsp3) is 0.294. The molecule has 1 saturated heterocycles. The highest BCUT2D eigenvalue weighted by molar-refractivity contribution is 5.56. The van der Waals surface area contributed by atoms with Gasteiger partial charge in [0.25, 0.3) is 0 Å². The van der Waals surface area contributed by atoms with Gasteiger partial charge in [-0.25, -0.2) is 0 Å². The molecule has 7 nitrogen and oxygen atoms in total. The van der Waals surface area contributed by atoms with Gasteiger partial charge in [-0.15, -0.1) is 0 Å². The Bertz CT molecular complexity index is 1330. The van der Waals surface area contributed by atoms with Crippen molar-refractivity contribution in [2.24, 2.45) is 0 Å². The summed E-state index contributed by atoms with van der Waals surface area (Å²) in [6, 6.07) is 28.0. The highest BCUT2D eigenvalue weighted by atomic mass is 16.5. The Kier molecular flexibility index (Phi) is 9.16. The van der Waals surface area contributed by atoms with Crippen molar-refractivity contribution < 1.29 is 33.2 Å². The largest absolute Gasteiger partial charge is 0.493 e. The highest BCUT2D eigenvalue weighted by Crippen LogP contribution is 2.48. The monoisotopic (exact) mass is 556 g/mol. The quantitative estimate of drug-likeness (QED) is 0.179. The summed E-state index contributed by atoms with van der Waals surface area (Å²) >= 11 is 0. The molecule has 2 atom stereocenters. The molecular formula is C34H36O7. The summed E-state index contributed by atoms with van der Waals surface area (Å²) in [6.45, 7) is 0.802. The normalized spacial score (nSPS) is 16.2. The Hall–Kier alpha value is -4.36. The molecule has 1 aliphatic heterocycles. The highest BCUT2D eigenvalue weighted by Gasteiger charge is 2.31. The van der Waals surface area contributed by atoms with Crippen LogP contribution < -0.4 is 28.4 Å². The Labute approximate surface area is 241 Å². The van der Waals surface area contributed by atoms with E-state index < -0.39 is 0 Å². The summed E-state index contributed by atoms with van der Waals surface area (Å²) in [7, 11) is 6.46. The molecule has 0 aromatic heterocycles. The van der Waals surface area contributed by atoms with E-state index in [2.05, 4.69) is 0 Å². The first-order chi connectivity index (χ1) is 20.1. The maximum atomic E-state index is 6.61. The molecule has 0 spiro atoms. The van der Waals surface area contributed by atoms with Gasteiger partial charge in [-0.3, -0.25) is 0 Å². The van der Waals surface area contributed by atoms with Gasteiger partial charge in [0.2, 0.25) is 11.5 Å². The molecule has 0 amide bonds. The van der Waals surface area contributed by atoms with Gasteiger partial charge >= 0.3 is 0 Å². The van der Waals surface area contributed by atoms with E-state index in [-0.39, 0.29) is 12.2 Å². The second kappa shape index (κ2) is 13.3. The lowest BCUT2D eigenvalue weighted by molar-refractivity contribution is 0.0434. The number of methoxy groups -OCH3 is 4. The van der Waals surface area contributed by atoms with E-state index >= 15 is 0 Å². The summed E-state index contributed by atoms with van der Waals surface area (Å²) in [4.78, 5) is 0. The Morgan fingerprint density at radius 2 is 0.927 bits per heavy atom. The van der Waals surface area contributed by atoms with Crippen molar-refractivity contribution in [1.29, 1.82) is 0 Å². The molecule has 0 unspecified atom stereocenters. The number of hydrogen-bond donors (Lipinski definition) is 0. The van der Waals surface area contributed by atoms with Crippen LogP contribution in [-0.2, 0) is 18.0 Å². The first-order valence-electron chi connectivity index (χ1n) is 13.6. The minimum atomic E-state index is -0.164. The maximum absolute atomic E-state index is 6.61. The smallest absolute Gasteiger partial charge is 0.203 e. The number of hydrogen-bond acceptors (Lipinski definition) is 7. The van der Waals surface area contributed by atoms with E-state index in [1.165, 1.54) is 0 Å². The van der Waals surface area contributed by atoms with E-state index in [0.29, 0.717) is 47.7 Å². The van der Waals surface area contributed by atoms with Crippen LogP contribution in [0.25, 0.3) is 0 Å². The standard InChI is InChI=1S/C34H36O7/c1-35-29-17-25(18-30(36-2)33(29)37-3)27-15-16-28(41-27)26-19-31(39-21-23-11-7-5-8-12-23)34(38-4)32(20-26)40-22-24-13-9-6-10-14-24/h5-14,17-20,27-28H,15-16,21-22H2,1-4H3/t27-,28+/m0/s1. The molecule has 214 valence electrons. The van der Waals surface area contributed by atoms with Gasteiger partial charge in [-0.1, -0.05) is 60.7 Å². The molecule has 0 aliphatic carbocycles. The lowest BCUT2D eigenvalue weighted by Gasteiger charge is -2.21. The van der Waals surface area contributed by atoms with Gasteiger partial charge in [-0.05, 0) is 59.4 Å². The molecule has 41 heavy (non-hydrogen) atoms. The lowest BCUT2D eigenvalue weighted by atomic mass is 10.0. The molecule has 4 aromatic carbocycles. The molecule has 4 aromatic rings. The predicted molar refractivity (Wildman–Crippen MR) is 156 cm³/mol. The van der Waals surface area contributed by atoms with E-state index in [1.54, 1.807) is 28.4 Å². The van der Waals surface area contributed by atoms with Crippen molar-refractivity contribution in [2.75, 3.05) is 28.4 Å². The molecule has 1 fully saturated rings. The number of ether oxygens (including phenoxy) is 7. The molecule has 0 saturated carbocycles. The molecule has 1 aliphatic rings. The third-order valence-electron chi connectivity index (χ3n) is 7.17. The second-order valence-corrected chi connectivity index (χ2v) is 9.75. The van der Waals surface area contributed by atoms with Crippen molar-refractivity contribution in [3.8, 4) is 34.5 Å². The van der Waals surface area contributed by atoms with Crippen molar-refractivity contribution in [3.05, 3.63) is 107 Å².